The number of carbonyl (C=O) groups is 4. The topological polar surface area (TPSA) is 105 Å². The molecule has 0 aromatic heterocycles. The van der Waals surface area contributed by atoms with E-state index in [1.807, 2.05) is 30.3 Å². The molecule has 1 heterocycles. The van der Waals surface area contributed by atoms with Crippen molar-refractivity contribution < 1.29 is 23.9 Å². The molecule has 2 N–H and O–H groups in total. The summed E-state index contributed by atoms with van der Waals surface area (Å²) in [5.41, 5.74) is 5.81. The van der Waals surface area contributed by atoms with E-state index in [0.29, 0.717) is 23.6 Å². The van der Waals surface area contributed by atoms with Crippen LogP contribution in [0.2, 0.25) is 5.02 Å². The van der Waals surface area contributed by atoms with Crippen LogP contribution >= 0.6 is 11.6 Å². The minimum atomic E-state index is -0.694. The van der Waals surface area contributed by atoms with Gasteiger partial charge in [-0.2, -0.15) is 0 Å². The number of amides is 3. The van der Waals surface area contributed by atoms with Gasteiger partial charge in [0, 0.05) is 30.1 Å². The van der Waals surface area contributed by atoms with Gasteiger partial charge in [0.1, 0.15) is 0 Å². The molecule has 3 rings (SSSR count). The van der Waals surface area contributed by atoms with Gasteiger partial charge < -0.3 is 9.64 Å². The molecule has 8 nitrogen and oxygen atoms in total. The van der Waals surface area contributed by atoms with Gasteiger partial charge in [0.05, 0.1) is 5.92 Å². The van der Waals surface area contributed by atoms with E-state index >= 15 is 0 Å². The number of esters is 1. The molecule has 1 atom stereocenters. The Kier molecular flexibility index (Phi) is 7.61. The van der Waals surface area contributed by atoms with E-state index < -0.39 is 30.3 Å². The summed E-state index contributed by atoms with van der Waals surface area (Å²) in [5, 5.41) is 0.483. The molecule has 2 aromatic rings. The fraction of sp³-hybridized carbons (Fsp3) is 0.273. The third kappa shape index (κ3) is 6.55. The molecule has 0 radical (unpaired) electrons. The number of benzene rings is 2. The monoisotopic (exact) mass is 443 g/mol. The van der Waals surface area contributed by atoms with E-state index in [1.165, 1.54) is 12.1 Å². The van der Waals surface area contributed by atoms with Crippen LogP contribution in [0.3, 0.4) is 0 Å². The minimum Gasteiger partial charge on any atom is -0.455 e. The maximum atomic E-state index is 12.2. The second-order valence-corrected chi connectivity index (χ2v) is 7.53. The summed E-state index contributed by atoms with van der Waals surface area (Å²) in [7, 11) is 0. The van der Waals surface area contributed by atoms with Crippen LogP contribution in [-0.2, 0) is 25.5 Å². The number of hydrogen-bond acceptors (Lipinski definition) is 5. The molecule has 0 bridgehead atoms. The number of hydrogen-bond donors (Lipinski definition) is 2. The van der Waals surface area contributed by atoms with Crippen LogP contribution in [0.5, 0.6) is 0 Å². The fourth-order valence-corrected chi connectivity index (χ4v) is 3.27. The number of halogens is 1. The van der Waals surface area contributed by atoms with E-state index in [0.717, 1.165) is 5.56 Å². The maximum absolute atomic E-state index is 12.2. The summed E-state index contributed by atoms with van der Waals surface area (Å²) >= 11 is 5.76. The van der Waals surface area contributed by atoms with E-state index in [1.54, 1.807) is 17.0 Å². The first-order valence-corrected chi connectivity index (χ1v) is 10.1. The number of nitrogens with one attached hydrogen (secondary N) is 2. The maximum Gasteiger partial charge on any atom is 0.311 e. The Morgan fingerprint density at radius 2 is 1.74 bits per heavy atom. The van der Waals surface area contributed by atoms with Crippen LogP contribution in [0.25, 0.3) is 0 Å². The molecule has 9 heteroatoms. The zero-order chi connectivity index (χ0) is 22.2. The standard InChI is InChI=1S/C22H22ClN3O5/c23-18-8-6-16(7-9-18)21(29)25-24-19(27)14-31-22(30)17-12-20(28)26(13-17)11-10-15-4-2-1-3-5-15/h1-9,17H,10-14H2,(H,24,27)(H,25,29). The van der Waals surface area contributed by atoms with Crippen molar-refractivity contribution in [3.8, 4) is 0 Å². The summed E-state index contributed by atoms with van der Waals surface area (Å²) in [6, 6.07) is 15.9. The number of likely N-dealkylation sites (tertiary alicyclic amines) is 1. The van der Waals surface area contributed by atoms with Gasteiger partial charge in [0.2, 0.25) is 5.91 Å². The first kappa shape index (κ1) is 22.3. The Morgan fingerprint density at radius 3 is 2.45 bits per heavy atom. The zero-order valence-electron chi connectivity index (χ0n) is 16.7. The molecule has 162 valence electrons. The molecule has 0 aliphatic carbocycles. The minimum absolute atomic E-state index is 0.0581. The average Bonchev–Trinajstić information content (AvgIpc) is 3.16. The molecule has 1 fully saturated rings. The lowest BCUT2D eigenvalue weighted by atomic mass is 10.1. The fourth-order valence-electron chi connectivity index (χ4n) is 3.15. The van der Waals surface area contributed by atoms with Gasteiger partial charge in [-0.25, -0.2) is 0 Å². The normalized spacial score (nSPS) is 15.5. The number of ether oxygens (including phenoxy) is 1. The van der Waals surface area contributed by atoms with Crippen LogP contribution in [0.1, 0.15) is 22.3 Å². The van der Waals surface area contributed by atoms with Gasteiger partial charge >= 0.3 is 5.97 Å². The molecule has 1 aliphatic rings. The molecule has 1 saturated heterocycles. The highest BCUT2D eigenvalue weighted by molar-refractivity contribution is 6.30. The Morgan fingerprint density at radius 1 is 1.03 bits per heavy atom. The van der Waals surface area contributed by atoms with Gasteiger partial charge in [0.25, 0.3) is 11.8 Å². The van der Waals surface area contributed by atoms with Gasteiger partial charge in [-0.15, -0.1) is 0 Å². The lowest BCUT2D eigenvalue weighted by molar-refractivity contribution is -0.152. The van der Waals surface area contributed by atoms with Crippen molar-refractivity contribution in [1.82, 2.24) is 15.8 Å². The molecule has 31 heavy (non-hydrogen) atoms. The molecule has 3 amide bonds. The first-order chi connectivity index (χ1) is 14.9. The van der Waals surface area contributed by atoms with Crippen LogP contribution in [-0.4, -0.2) is 48.3 Å². The Hall–Kier alpha value is -3.39. The summed E-state index contributed by atoms with van der Waals surface area (Å²) in [6.07, 6.45) is 0.757. The predicted octanol–water partition coefficient (Wildman–Crippen LogP) is 1.74. The average molecular weight is 444 g/mol. The van der Waals surface area contributed by atoms with Crippen LogP contribution < -0.4 is 10.9 Å². The van der Waals surface area contributed by atoms with E-state index in [4.69, 9.17) is 16.3 Å². The molecule has 1 aliphatic heterocycles. The van der Waals surface area contributed by atoms with Gasteiger partial charge in [-0.3, -0.25) is 30.0 Å². The smallest absolute Gasteiger partial charge is 0.311 e. The van der Waals surface area contributed by atoms with Gasteiger partial charge in [-0.05, 0) is 36.2 Å². The van der Waals surface area contributed by atoms with Crippen LogP contribution in [0.4, 0.5) is 0 Å². The van der Waals surface area contributed by atoms with E-state index in [2.05, 4.69) is 10.9 Å². The van der Waals surface area contributed by atoms with Crippen molar-refractivity contribution in [1.29, 1.82) is 0 Å². The SMILES string of the molecule is O=C(COC(=O)C1CC(=O)N(CCc2ccccc2)C1)NNC(=O)c1ccc(Cl)cc1. The highest BCUT2D eigenvalue weighted by Gasteiger charge is 2.35. The molecular weight excluding hydrogens is 422 g/mol. The number of rotatable bonds is 7. The van der Waals surface area contributed by atoms with E-state index in [-0.39, 0.29) is 18.9 Å². The third-order valence-corrected chi connectivity index (χ3v) is 5.08. The van der Waals surface area contributed by atoms with Gasteiger partial charge in [-0.1, -0.05) is 41.9 Å². The number of nitrogens with zero attached hydrogens (tertiary/aromatic N) is 1. The first-order valence-electron chi connectivity index (χ1n) is 9.75. The molecular formula is C22H22ClN3O5. The second-order valence-electron chi connectivity index (χ2n) is 7.09. The lowest BCUT2D eigenvalue weighted by Crippen LogP contribution is -2.43. The number of carbonyl (C=O) groups excluding carboxylic acids is 4. The van der Waals surface area contributed by atoms with Crippen molar-refractivity contribution >= 4 is 35.3 Å². The predicted molar refractivity (Wildman–Crippen MR) is 113 cm³/mol. The number of hydrazine groups is 1. The Labute approximate surface area is 184 Å². The van der Waals surface area contributed by atoms with Crippen LogP contribution in [0, 0.1) is 5.92 Å². The highest BCUT2D eigenvalue weighted by atomic mass is 35.5. The van der Waals surface area contributed by atoms with Gasteiger partial charge in [0.15, 0.2) is 6.61 Å². The van der Waals surface area contributed by atoms with Crippen molar-refractivity contribution in [2.24, 2.45) is 5.92 Å². The largest absolute Gasteiger partial charge is 0.455 e. The second kappa shape index (κ2) is 10.6. The Bertz CT molecular complexity index is 949. The quantitative estimate of drug-likeness (QED) is 0.501. The zero-order valence-corrected chi connectivity index (χ0v) is 17.4. The summed E-state index contributed by atoms with van der Waals surface area (Å²) < 4.78 is 5.00. The van der Waals surface area contributed by atoms with Crippen molar-refractivity contribution in [3.63, 3.8) is 0 Å². The summed E-state index contributed by atoms with van der Waals surface area (Å²) in [5.74, 6) is -2.57. The third-order valence-electron chi connectivity index (χ3n) is 4.83. The van der Waals surface area contributed by atoms with Crippen molar-refractivity contribution in [2.75, 3.05) is 19.7 Å². The summed E-state index contributed by atoms with van der Waals surface area (Å²) in [4.78, 5) is 49.8. The molecule has 0 saturated carbocycles. The highest BCUT2D eigenvalue weighted by Crippen LogP contribution is 2.19. The summed E-state index contributed by atoms with van der Waals surface area (Å²) in [6.45, 7) is 0.220. The Balaban J connectivity index is 1.38. The van der Waals surface area contributed by atoms with Crippen molar-refractivity contribution in [3.05, 3.63) is 70.7 Å². The molecule has 1 unspecified atom stereocenters. The van der Waals surface area contributed by atoms with Crippen molar-refractivity contribution in [2.45, 2.75) is 12.8 Å². The lowest BCUT2D eigenvalue weighted by Gasteiger charge is -2.16. The molecule has 0 spiro atoms. The molecule has 2 aromatic carbocycles. The van der Waals surface area contributed by atoms with E-state index in [9.17, 15) is 19.2 Å². The van der Waals surface area contributed by atoms with Crippen LogP contribution in [0.15, 0.2) is 54.6 Å².